The fraction of sp³-hybridized carbons (Fsp3) is 0.516. The van der Waals surface area contributed by atoms with E-state index in [1.807, 2.05) is 37.3 Å². The molecule has 6 nitrogen and oxygen atoms in total. The van der Waals surface area contributed by atoms with Crippen LogP contribution in [0.25, 0.3) is 10.9 Å². The summed E-state index contributed by atoms with van der Waals surface area (Å²) >= 11 is 0. The van der Waals surface area contributed by atoms with E-state index in [-0.39, 0.29) is 18.1 Å². The number of Topliss-reactive ketones (excluding diaryl/α,β-unsaturated/α-hetero) is 1. The van der Waals surface area contributed by atoms with Gasteiger partial charge < -0.3 is 14.9 Å². The van der Waals surface area contributed by atoms with Crippen molar-refractivity contribution in [3.05, 3.63) is 66.4 Å². The highest BCUT2D eigenvalue weighted by atomic mass is 16.5. The fourth-order valence-corrected chi connectivity index (χ4v) is 5.06. The first-order chi connectivity index (χ1) is 17.5. The van der Waals surface area contributed by atoms with Crippen molar-refractivity contribution in [1.82, 2.24) is 4.98 Å². The third-order valence-electron chi connectivity index (χ3n) is 7.77. The maximum Gasteiger partial charge on any atom is 0.309 e. The van der Waals surface area contributed by atoms with Crippen LogP contribution in [0.5, 0.6) is 0 Å². The first-order valence-corrected chi connectivity index (χ1v) is 13.3. The van der Waals surface area contributed by atoms with Gasteiger partial charge in [-0.2, -0.15) is 0 Å². The van der Waals surface area contributed by atoms with Gasteiger partial charge in [0.1, 0.15) is 11.9 Å². The van der Waals surface area contributed by atoms with E-state index in [1.54, 1.807) is 26.1 Å². The highest BCUT2D eigenvalue weighted by Crippen LogP contribution is 2.35. The van der Waals surface area contributed by atoms with Gasteiger partial charge in [-0.05, 0) is 56.2 Å². The van der Waals surface area contributed by atoms with Gasteiger partial charge >= 0.3 is 5.97 Å². The van der Waals surface area contributed by atoms with Crippen LogP contribution in [0, 0.1) is 17.3 Å². The molecule has 6 heteroatoms. The van der Waals surface area contributed by atoms with Crippen LogP contribution >= 0.6 is 0 Å². The van der Waals surface area contributed by atoms with Crippen molar-refractivity contribution in [2.45, 2.75) is 84.5 Å². The molecule has 2 aromatic rings. The Kier molecular flexibility index (Phi) is 9.80. The van der Waals surface area contributed by atoms with Gasteiger partial charge in [-0.15, -0.1) is 6.58 Å². The molecule has 37 heavy (non-hydrogen) atoms. The van der Waals surface area contributed by atoms with E-state index < -0.39 is 35.6 Å². The molecule has 0 fully saturated rings. The lowest BCUT2D eigenvalue weighted by molar-refractivity contribution is -0.156. The van der Waals surface area contributed by atoms with Gasteiger partial charge in [0.15, 0.2) is 0 Å². The first kappa shape index (κ1) is 28.7. The SMILES string of the molecule is C=CC[C@H]1C(=O)C(C)(C)[C@@H](O)CC(=O)O[C@H](c2ccc3cccnc3c2)C/C=C(/C)CCC[C@H](C)[C@@H]1O. The third-order valence-corrected chi connectivity index (χ3v) is 7.77. The summed E-state index contributed by atoms with van der Waals surface area (Å²) in [6.45, 7) is 11.0. The third kappa shape index (κ3) is 7.14. The molecule has 1 aliphatic rings. The molecule has 0 radical (unpaired) electrons. The van der Waals surface area contributed by atoms with E-state index in [2.05, 4.69) is 24.6 Å². The van der Waals surface area contributed by atoms with Gasteiger partial charge in [-0.3, -0.25) is 14.6 Å². The van der Waals surface area contributed by atoms with Crippen LogP contribution in [0.2, 0.25) is 0 Å². The van der Waals surface area contributed by atoms with Crippen molar-refractivity contribution in [3.8, 4) is 0 Å². The van der Waals surface area contributed by atoms with Gasteiger partial charge in [-0.25, -0.2) is 0 Å². The van der Waals surface area contributed by atoms with Crippen LogP contribution in [0.15, 0.2) is 60.8 Å². The summed E-state index contributed by atoms with van der Waals surface area (Å²) in [5, 5.41) is 23.1. The lowest BCUT2D eigenvalue weighted by Gasteiger charge is -2.35. The van der Waals surface area contributed by atoms with E-state index >= 15 is 0 Å². The van der Waals surface area contributed by atoms with Gasteiger partial charge in [0.2, 0.25) is 0 Å². The van der Waals surface area contributed by atoms with Crippen LogP contribution in [0.4, 0.5) is 0 Å². The molecule has 0 saturated heterocycles. The van der Waals surface area contributed by atoms with Crippen molar-refractivity contribution in [1.29, 1.82) is 0 Å². The summed E-state index contributed by atoms with van der Waals surface area (Å²) in [6, 6.07) is 9.70. The van der Waals surface area contributed by atoms with Crippen molar-refractivity contribution in [3.63, 3.8) is 0 Å². The minimum absolute atomic E-state index is 0.0923. The summed E-state index contributed by atoms with van der Waals surface area (Å²) < 4.78 is 5.90. The van der Waals surface area contributed by atoms with Gasteiger partial charge in [-0.1, -0.05) is 56.7 Å². The molecule has 3 rings (SSSR count). The van der Waals surface area contributed by atoms with Gasteiger partial charge in [0.25, 0.3) is 0 Å². The number of carbonyl (C=O) groups is 2. The maximum absolute atomic E-state index is 13.5. The Morgan fingerprint density at radius 2 is 1.97 bits per heavy atom. The monoisotopic (exact) mass is 507 g/mol. The zero-order valence-electron chi connectivity index (χ0n) is 22.5. The number of pyridine rings is 1. The average molecular weight is 508 g/mol. The number of carbonyl (C=O) groups excluding carboxylic acids is 2. The molecule has 1 aromatic heterocycles. The highest BCUT2D eigenvalue weighted by molar-refractivity contribution is 5.88. The number of hydrogen-bond donors (Lipinski definition) is 2. The minimum Gasteiger partial charge on any atom is -0.457 e. The molecule has 0 bridgehead atoms. The van der Waals surface area contributed by atoms with E-state index in [0.717, 1.165) is 35.7 Å². The summed E-state index contributed by atoms with van der Waals surface area (Å²) in [6.07, 6.45) is 5.76. The number of aromatic nitrogens is 1. The van der Waals surface area contributed by atoms with Gasteiger partial charge in [0, 0.05) is 23.9 Å². The molecule has 2 N–H and O–H groups in total. The Hall–Kier alpha value is -2.83. The molecular formula is C31H41NO5. The molecule has 200 valence electrons. The summed E-state index contributed by atoms with van der Waals surface area (Å²) in [7, 11) is 0. The number of nitrogens with zero attached hydrogens (tertiary/aromatic N) is 1. The number of rotatable bonds is 3. The minimum atomic E-state index is -1.26. The summed E-state index contributed by atoms with van der Waals surface area (Å²) in [4.78, 5) is 31.0. The zero-order valence-corrected chi connectivity index (χ0v) is 22.5. The number of allylic oxidation sites excluding steroid dienone is 2. The Balaban J connectivity index is 1.93. The number of ketones is 1. The molecule has 0 unspecified atom stereocenters. The van der Waals surface area contributed by atoms with Crippen LogP contribution in [-0.4, -0.2) is 39.2 Å². The van der Waals surface area contributed by atoms with Crippen LogP contribution in [-0.2, 0) is 14.3 Å². The molecule has 1 aliphatic heterocycles. The predicted octanol–water partition coefficient (Wildman–Crippen LogP) is 5.88. The van der Waals surface area contributed by atoms with E-state index in [1.165, 1.54) is 5.57 Å². The maximum atomic E-state index is 13.5. The van der Waals surface area contributed by atoms with E-state index in [0.29, 0.717) is 12.8 Å². The molecular weight excluding hydrogens is 466 g/mol. The Morgan fingerprint density at radius 1 is 1.22 bits per heavy atom. The van der Waals surface area contributed by atoms with Crippen LogP contribution in [0.1, 0.15) is 77.9 Å². The molecule has 0 spiro atoms. The van der Waals surface area contributed by atoms with Crippen LogP contribution < -0.4 is 0 Å². The molecule has 2 heterocycles. The summed E-state index contributed by atoms with van der Waals surface area (Å²) in [5.74, 6) is -1.64. The molecule has 0 saturated carbocycles. The second-order valence-corrected chi connectivity index (χ2v) is 11.0. The van der Waals surface area contributed by atoms with Crippen molar-refractivity contribution >= 4 is 22.7 Å². The second kappa shape index (κ2) is 12.6. The predicted molar refractivity (Wildman–Crippen MR) is 146 cm³/mol. The Bertz CT molecular complexity index is 1140. The highest BCUT2D eigenvalue weighted by Gasteiger charge is 2.43. The number of cyclic esters (lactones) is 1. The molecule has 0 aliphatic carbocycles. The second-order valence-electron chi connectivity index (χ2n) is 11.0. The fourth-order valence-electron chi connectivity index (χ4n) is 5.06. The number of hydrogen-bond acceptors (Lipinski definition) is 6. The van der Waals surface area contributed by atoms with E-state index in [4.69, 9.17) is 4.74 Å². The first-order valence-electron chi connectivity index (χ1n) is 13.3. The lowest BCUT2D eigenvalue weighted by Crippen LogP contribution is -2.46. The number of aliphatic hydroxyl groups is 2. The zero-order chi connectivity index (χ0) is 27.2. The molecule has 5 atom stereocenters. The summed E-state index contributed by atoms with van der Waals surface area (Å²) in [5.41, 5.74) is 1.57. The molecule has 0 amide bonds. The smallest absolute Gasteiger partial charge is 0.309 e. The van der Waals surface area contributed by atoms with Crippen molar-refractivity contribution < 1.29 is 24.5 Å². The van der Waals surface area contributed by atoms with Crippen molar-refractivity contribution in [2.75, 3.05) is 0 Å². The quantitative estimate of drug-likeness (QED) is 0.398. The Labute approximate surface area is 220 Å². The number of ether oxygens (including phenoxy) is 1. The normalized spacial score (nSPS) is 29.8. The lowest BCUT2D eigenvalue weighted by atomic mass is 9.71. The number of fused-ring (bicyclic) bond motifs is 1. The largest absolute Gasteiger partial charge is 0.457 e. The molecule has 1 aromatic carbocycles. The van der Waals surface area contributed by atoms with E-state index in [9.17, 15) is 19.8 Å². The number of aliphatic hydroxyl groups excluding tert-OH is 2. The number of benzene rings is 1. The topological polar surface area (TPSA) is 96.7 Å². The average Bonchev–Trinajstić information content (AvgIpc) is 2.87. The standard InChI is InChI=1S/C31H41NO5/c1-6-9-24-29(35)21(3)11-7-10-20(2)13-16-26(23-15-14-22-12-8-17-32-25(22)18-23)37-28(34)19-27(33)31(4,5)30(24)36/h6,8,12-15,17-18,21,24,26-27,29,33,35H,1,7,9-11,16,19H2,2-5H3/b20-13-/t21-,24+,26-,27-,29-/m0/s1. The van der Waals surface area contributed by atoms with Gasteiger partial charge in [0.05, 0.1) is 29.6 Å². The van der Waals surface area contributed by atoms with Crippen molar-refractivity contribution in [2.24, 2.45) is 17.3 Å². The Morgan fingerprint density at radius 3 is 2.70 bits per heavy atom. The van der Waals surface area contributed by atoms with Crippen LogP contribution in [0.3, 0.4) is 0 Å². The number of esters is 1.